The molecule has 4 amide bonds. The highest BCUT2D eigenvalue weighted by Gasteiger charge is 2.38. The molecule has 0 aliphatic carbocycles. The van der Waals surface area contributed by atoms with E-state index in [-0.39, 0.29) is 51.2 Å². The Morgan fingerprint density at radius 1 is 1.03 bits per heavy atom. The Kier molecular flexibility index (Phi) is 11.7. The van der Waals surface area contributed by atoms with Crippen molar-refractivity contribution in [3.63, 3.8) is 0 Å². The van der Waals surface area contributed by atoms with Crippen LogP contribution in [-0.4, -0.2) is 94.5 Å². The number of aliphatic imine (C=N–C) groups is 1. The van der Waals surface area contributed by atoms with Gasteiger partial charge in [-0.1, -0.05) is 0 Å². The van der Waals surface area contributed by atoms with E-state index in [1.54, 1.807) is 0 Å². The number of guanidine groups is 1. The number of hydrogen-bond acceptors (Lipinski definition) is 8. The van der Waals surface area contributed by atoms with Crippen molar-refractivity contribution in [2.75, 3.05) is 19.7 Å². The van der Waals surface area contributed by atoms with Gasteiger partial charge in [0.25, 0.3) is 0 Å². The molecule has 15 nitrogen and oxygen atoms in total. The van der Waals surface area contributed by atoms with Gasteiger partial charge in [0.05, 0.1) is 6.61 Å². The minimum absolute atomic E-state index is 0.0602. The van der Waals surface area contributed by atoms with Gasteiger partial charge in [0.2, 0.25) is 23.6 Å². The van der Waals surface area contributed by atoms with Gasteiger partial charge in [0.1, 0.15) is 24.2 Å². The molecule has 1 aliphatic rings. The van der Waals surface area contributed by atoms with Gasteiger partial charge in [0, 0.05) is 19.5 Å². The van der Waals surface area contributed by atoms with Crippen LogP contribution in [0, 0.1) is 0 Å². The highest BCUT2D eigenvalue weighted by molar-refractivity contribution is 5.94. The molecule has 1 saturated heterocycles. The maximum Gasteiger partial charge on any atom is 0.326 e. The van der Waals surface area contributed by atoms with Crippen LogP contribution < -0.4 is 33.6 Å². The number of nitrogens with zero attached hydrogens (tertiary/aromatic N) is 2. The third-order valence-electron chi connectivity index (χ3n) is 5.23. The Bertz CT molecular complexity index is 787. The number of hydrogen-bond donors (Lipinski definition) is 8. The number of amides is 4. The largest absolute Gasteiger partial charge is 0.480 e. The zero-order valence-corrected chi connectivity index (χ0v) is 18.8. The number of likely N-dealkylation sites (tertiary alicyclic amines) is 1. The first-order valence-electron chi connectivity index (χ1n) is 10.8. The van der Waals surface area contributed by atoms with Crippen LogP contribution in [0.4, 0.5) is 0 Å². The van der Waals surface area contributed by atoms with Crippen LogP contribution in [-0.2, 0) is 24.0 Å². The molecule has 0 spiro atoms. The zero-order valence-electron chi connectivity index (χ0n) is 18.8. The van der Waals surface area contributed by atoms with Gasteiger partial charge in [-0.15, -0.1) is 0 Å². The van der Waals surface area contributed by atoms with Crippen molar-refractivity contribution in [1.82, 2.24) is 15.5 Å². The highest BCUT2D eigenvalue weighted by atomic mass is 16.4. The van der Waals surface area contributed by atoms with Crippen LogP contribution in [0.5, 0.6) is 0 Å². The standard InChI is InChI=1S/C19H34N8O7/c20-10(9-28)15(30)25-11(3-1-7-24-19(22)23)16(31)26-12(5-6-14(21)29)17(32)27-8-2-4-13(27)18(33)34/h10-13,28H,1-9,20H2,(H2,21,29)(H,25,30)(H,26,31)(H,33,34)(H4,22,23,24). The highest BCUT2D eigenvalue weighted by Crippen LogP contribution is 2.19. The van der Waals surface area contributed by atoms with Crippen LogP contribution in [0.1, 0.15) is 38.5 Å². The summed E-state index contributed by atoms with van der Waals surface area (Å²) >= 11 is 0. The van der Waals surface area contributed by atoms with E-state index >= 15 is 0 Å². The Balaban J connectivity index is 3.02. The van der Waals surface area contributed by atoms with Gasteiger partial charge in [-0.3, -0.25) is 24.2 Å². The van der Waals surface area contributed by atoms with Crippen molar-refractivity contribution in [2.45, 2.75) is 62.7 Å². The second kappa shape index (κ2) is 13.9. The van der Waals surface area contributed by atoms with Gasteiger partial charge >= 0.3 is 5.97 Å². The number of nitrogens with two attached hydrogens (primary N) is 4. The molecule has 1 rings (SSSR count). The summed E-state index contributed by atoms with van der Waals surface area (Å²) in [6.07, 6.45) is 0.678. The van der Waals surface area contributed by atoms with Crippen LogP contribution in [0.2, 0.25) is 0 Å². The van der Waals surface area contributed by atoms with E-state index in [2.05, 4.69) is 15.6 Å². The third-order valence-corrected chi connectivity index (χ3v) is 5.23. The molecule has 15 heteroatoms. The molecule has 0 aromatic carbocycles. The van der Waals surface area contributed by atoms with Crippen LogP contribution >= 0.6 is 0 Å². The fraction of sp³-hybridized carbons (Fsp3) is 0.684. The number of primary amides is 1. The normalized spacial score (nSPS) is 17.8. The van der Waals surface area contributed by atoms with E-state index in [4.69, 9.17) is 28.0 Å². The molecule has 0 aromatic heterocycles. The first kappa shape index (κ1) is 28.6. The van der Waals surface area contributed by atoms with Crippen molar-refractivity contribution in [3.8, 4) is 0 Å². The van der Waals surface area contributed by atoms with E-state index in [9.17, 15) is 29.1 Å². The maximum absolute atomic E-state index is 13.1. The average molecular weight is 487 g/mol. The minimum atomic E-state index is -1.28. The van der Waals surface area contributed by atoms with Crippen LogP contribution in [0.25, 0.3) is 0 Å². The summed E-state index contributed by atoms with van der Waals surface area (Å²) in [5.41, 5.74) is 21.2. The van der Waals surface area contributed by atoms with Gasteiger partial charge in [-0.25, -0.2) is 4.79 Å². The molecule has 0 bridgehead atoms. The van der Waals surface area contributed by atoms with Crippen molar-refractivity contribution in [3.05, 3.63) is 0 Å². The minimum Gasteiger partial charge on any atom is -0.480 e. The monoisotopic (exact) mass is 486 g/mol. The second-order valence-corrected chi connectivity index (χ2v) is 7.89. The lowest BCUT2D eigenvalue weighted by Gasteiger charge is -2.28. The number of aliphatic carboxylic acids is 1. The van der Waals surface area contributed by atoms with E-state index in [1.807, 2.05) is 0 Å². The fourth-order valence-corrected chi connectivity index (χ4v) is 3.44. The lowest BCUT2D eigenvalue weighted by molar-refractivity contribution is -0.149. The molecular formula is C19H34N8O7. The molecule has 34 heavy (non-hydrogen) atoms. The van der Waals surface area contributed by atoms with E-state index in [0.29, 0.717) is 6.42 Å². The van der Waals surface area contributed by atoms with Gasteiger partial charge in [-0.2, -0.15) is 0 Å². The number of rotatable bonds is 14. The Labute approximate surface area is 196 Å². The Morgan fingerprint density at radius 2 is 1.68 bits per heavy atom. The SMILES string of the molecule is NC(=O)CCC(NC(=O)C(CCCN=C(N)N)NC(=O)C(N)CO)C(=O)N1CCCC1C(=O)O. The third kappa shape index (κ3) is 9.19. The number of carbonyl (C=O) groups is 5. The summed E-state index contributed by atoms with van der Waals surface area (Å²) in [6, 6.07) is -4.74. The summed E-state index contributed by atoms with van der Waals surface area (Å²) in [4.78, 5) is 65.9. The van der Waals surface area contributed by atoms with Crippen molar-refractivity contribution >= 4 is 35.6 Å². The predicted octanol–water partition coefficient (Wildman–Crippen LogP) is -4.33. The van der Waals surface area contributed by atoms with Crippen molar-refractivity contribution < 1.29 is 34.2 Å². The Hall–Kier alpha value is -3.46. The number of aliphatic hydroxyl groups excluding tert-OH is 1. The quantitative estimate of drug-likeness (QED) is 0.0664. The first-order chi connectivity index (χ1) is 16.0. The zero-order chi connectivity index (χ0) is 25.8. The molecular weight excluding hydrogens is 452 g/mol. The van der Waals surface area contributed by atoms with Crippen molar-refractivity contribution in [2.24, 2.45) is 27.9 Å². The summed E-state index contributed by atoms with van der Waals surface area (Å²) in [5, 5.41) is 23.4. The molecule has 12 N–H and O–H groups in total. The van der Waals surface area contributed by atoms with Gasteiger partial charge in [-0.05, 0) is 32.1 Å². The molecule has 0 saturated carbocycles. The molecule has 0 radical (unpaired) electrons. The fourth-order valence-electron chi connectivity index (χ4n) is 3.44. The second-order valence-electron chi connectivity index (χ2n) is 7.89. The molecule has 1 fully saturated rings. The molecule has 192 valence electrons. The predicted molar refractivity (Wildman–Crippen MR) is 120 cm³/mol. The molecule has 1 heterocycles. The summed E-state index contributed by atoms with van der Waals surface area (Å²) in [6.45, 7) is -0.311. The lowest BCUT2D eigenvalue weighted by Crippen LogP contribution is -2.57. The maximum atomic E-state index is 13.1. The van der Waals surface area contributed by atoms with Gasteiger partial charge in [0.15, 0.2) is 5.96 Å². The summed E-state index contributed by atoms with van der Waals surface area (Å²) in [5.74, 6) is -4.26. The topological polar surface area (TPSA) is 270 Å². The number of nitrogens with one attached hydrogen (secondary N) is 2. The number of carboxylic acid groups (broad SMARTS) is 1. The van der Waals surface area contributed by atoms with Crippen LogP contribution in [0.15, 0.2) is 4.99 Å². The van der Waals surface area contributed by atoms with E-state index < -0.39 is 60.4 Å². The molecule has 1 aliphatic heterocycles. The smallest absolute Gasteiger partial charge is 0.326 e. The number of carbonyl (C=O) groups excluding carboxylic acids is 4. The van der Waals surface area contributed by atoms with Gasteiger partial charge < -0.3 is 48.7 Å². The average Bonchev–Trinajstić information content (AvgIpc) is 3.27. The number of aliphatic hydroxyl groups is 1. The van der Waals surface area contributed by atoms with Crippen molar-refractivity contribution in [1.29, 1.82) is 0 Å². The van der Waals surface area contributed by atoms with E-state index in [0.717, 1.165) is 4.90 Å². The first-order valence-corrected chi connectivity index (χ1v) is 10.8. The van der Waals surface area contributed by atoms with E-state index in [1.165, 1.54) is 0 Å². The molecule has 4 atom stereocenters. The Morgan fingerprint density at radius 3 is 2.24 bits per heavy atom. The molecule has 0 aromatic rings. The summed E-state index contributed by atoms with van der Waals surface area (Å²) < 4.78 is 0. The molecule has 4 unspecified atom stereocenters. The number of carboxylic acids is 1. The van der Waals surface area contributed by atoms with Crippen LogP contribution in [0.3, 0.4) is 0 Å². The lowest BCUT2D eigenvalue weighted by atomic mass is 10.1. The summed E-state index contributed by atoms with van der Waals surface area (Å²) in [7, 11) is 0.